The first-order chi connectivity index (χ1) is 10.5. The van der Waals surface area contributed by atoms with E-state index in [1.54, 1.807) is 0 Å². The van der Waals surface area contributed by atoms with Crippen molar-refractivity contribution in [2.24, 2.45) is 0 Å². The van der Waals surface area contributed by atoms with Gasteiger partial charge in [0.2, 0.25) is 9.84 Å². The van der Waals surface area contributed by atoms with Crippen molar-refractivity contribution in [2.45, 2.75) is 19.0 Å². The van der Waals surface area contributed by atoms with E-state index in [2.05, 4.69) is 10.1 Å². The van der Waals surface area contributed by atoms with Gasteiger partial charge in [-0.2, -0.15) is 4.68 Å². The minimum Gasteiger partial charge on any atom is -0.384 e. The smallest absolute Gasteiger partial charge is 0.346 e. The highest BCUT2D eigenvalue weighted by Crippen LogP contribution is 2.05. The molecule has 1 amide bonds. The van der Waals surface area contributed by atoms with Crippen molar-refractivity contribution in [2.75, 3.05) is 45.8 Å². The van der Waals surface area contributed by atoms with Crippen LogP contribution in [0.15, 0.2) is 11.5 Å². The molecular weight excluding hydrogens is 312 g/mol. The maximum absolute atomic E-state index is 12.2. The van der Waals surface area contributed by atoms with Crippen LogP contribution in [0.1, 0.15) is 13.8 Å². The molecule has 0 atom stereocenters. The molecule has 0 fully saturated rings. The van der Waals surface area contributed by atoms with Crippen LogP contribution in [0.5, 0.6) is 0 Å². The molecule has 0 aliphatic rings. The van der Waals surface area contributed by atoms with Crippen LogP contribution in [0.2, 0.25) is 0 Å². The van der Waals surface area contributed by atoms with Gasteiger partial charge in [0, 0.05) is 26.8 Å². The normalized spacial score (nSPS) is 11.6. The van der Waals surface area contributed by atoms with E-state index in [9.17, 15) is 13.2 Å². The maximum Gasteiger partial charge on any atom is 0.346 e. The molecule has 0 aliphatic heterocycles. The van der Waals surface area contributed by atoms with Crippen molar-refractivity contribution in [1.29, 1.82) is 0 Å². The summed E-state index contributed by atoms with van der Waals surface area (Å²) in [5, 5.41) is 3.39. The average Bonchev–Trinajstić information content (AvgIpc) is 3.00. The molecule has 0 aromatic carbocycles. The summed E-state index contributed by atoms with van der Waals surface area (Å²) in [7, 11) is -2.25. The van der Waals surface area contributed by atoms with Crippen molar-refractivity contribution >= 4 is 15.9 Å². The molecular formula is C12H22N4O5S. The maximum atomic E-state index is 12.2. The Morgan fingerprint density at radius 3 is 2.68 bits per heavy atom. The fraction of sp³-hybridized carbons (Fsp3) is 0.750. The number of hydrogen-bond acceptors (Lipinski definition) is 7. The van der Waals surface area contributed by atoms with E-state index >= 15 is 0 Å². The number of likely N-dealkylation sites (N-methyl/N-ethyl adjacent to an activating group) is 1. The summed E-state index contributed by atoms with van der Waals surface area (Å²) in [4.78, 5) is 17.4. The molecule has 1 rings (SSSR count). The summed E-state index contributed by atoms with van der Waals surface area (Å²) in [6, 6.07) is -0.442. The van der Waals surface area contributed by atoms with Crippen molar-refractivity contribution < 1.29 is 22.7 Å². The summed E-state index contributed by atoms with van der Waals surface area (Å²) in [6.45, 7) is 5.55. The zero-order valence-corrected chi connectivity index (χ0v) is 13.9. The molecule has 0 saturated heterocycles. The van der Waals surface area contributed by atoms with Gasteiger partial charge in [-0.15, -0.1) is 5.10 Å². The molecule has 0 saturated carbocycles. The molecule has 9 nitrogen and oxygen atoms in total. The van der Waals surface area contributed by atoms with Crippen molar-refractivity contribution in [3.8, 4) is 0 Å². The zero-order chi connectivity index (χ0) is 16.6. The van der Waals surface area contributed by atoms with E-state index in [0.717, 1.165) is 11.0 Å². The molecule has 1 aromatic heterocycles. The van der Waals surface area contributed by atoms with Gasteiger partial charge in [-0.25, -0.2) is 18.2 Å². The minimum absolute atomic E-state index is 0.0419. The van der Waals surface area contributed by atoms with Crippen LogP contribution < -0.4 is 0 Å². The van der Waals surface area contributed by atoms with Crippen LogP contribution in [-0.4, -0.2) is 79.9 Å². The lowest BCUT2D eigenvalue weighted by atomic mass is 10.5. The third-order valence-corrected chi connectivity index (χ3v) is 4.31. The van der Waals surface area contributed by atoms with Gasteiger partial charge in [-0.05, 0) is 13.8 Å². The van der Waals surface area contributed by atoms with E-state index in [1.807, 2.05) is 13.8 Å². The summed E-state index contributed by atoms with van der Waals surface area (Å²) < 4.78 is 34.7. The van der Waals surface area contributed by atoms with Crippen molar-refractivity contribution in [3.63, 3.8) is 0 Å². The molecule has 1 aromatic rings. The molecule has 126 valence electrons. The Hall–Kier alpha value is -1.52. The van der Waals surface area contributed by atoms with Gasteiger partial charge in [0.25, 0.3) is 5.16 Å². The first kappa shape index (κ1) is 18.5. The van der Waals surface area contributed by atoms with Gasteiger partial charge in [-0.3, -0.25) is 0 Å². The fourth-order valence-electron chi connectivity index (χ4n) is 1.62. The second-order valence-electron chi connectivity index (χ2n) is 4.34. The summed E-state index contributed by atoms with van der Waals surface area (Å²) in [5.74, 6) is -0.233. The van der Waals surface area contributed by atoms with Crippen LogP contribution in [0, 0.1) is 0 Å². The highest BCUT2D eigenvalue weighted by Gasteiger charge is 2.22. The van der Waals surface area contributed by atoms with Crippen molar-refractivity contribution in [3.05, 3.63) is 6.33 Å². The Morgan fingerprint density at radius 2 is 2.09 bits per heavy atom. The Labute approximate surface area is 130 Å². The average molecular weight is 334 g/mol. The van der Waals surface area contributed by atoms with Crippen LogP contribution in [0.4, 0.5) is 4.79 Å². The van der Waals surface area contributed by atoms with Gasteiger partial charge in [0.05, 0.1) is 19.0 Å². The SMILES string of the molecule is CCOCCN(CC)C(=O)n1cnc(S(=O)(=O)CCOC)n1. The fourth-order valence-corrected chi connectivity index (χ4v) is 2.61. The highest BCUT2D eigenvalue weighted by molar-refractivity contribution is 7.91. The molecule has 1 heterocycles. The number of carbonyl (C=O) groups is 1. The van der Waals surface area contributed by atoms with E-state index in [4.69, 9.17) is 9.47 Å². The Bertz CT molecular complexity index is 572. The van der Waals surface area contributed by atoms with Crippen LogP contribution >= 0.6 is 0 Å². The minimum atomic E-state index is -3.65. The Balaban J connectivity index is 2.79. The molecule has 0 bridgehead atoms. The number of carbonyl (C=O) groups excluding carboxylic acids is 1. The van der Waals surface area contributed by atoms with Crippen LogP contribution in [-0.2, 0) is 19.3 Å². The lowest BCUT2D eigenvalue weighted by Gasteiger charge is -2.19. The predicted molar refractivity (Wildman–Crippen MR) is 78.5 cm³/mol. The third kappa shape index (κ3) is 5.04. The first-order valence-electron chi connectivity index (χ1n) is 6.96. The number of hydrogen-bond donors (Lipinski definition) is 0. The third-order valence-electron chi connectivity index (χ3n) is 2.86. The highest BCUT2D eigenvalue weighted by atomic mass is 32.2. The predicted octanol–water partition coefficient (Wildman–Crippen LogP) is 0.0247. The zero-order valence-electron chi connectivity index (χ0n) is 13.1. The van der Waals surface area contributed by atoms with Gasteiger partial charge >= 0.3 is 6.03 Å². The number of nitrogens with zero attached hydrogens (tertiary/aromatic N) is 4. The number of sulfone groups is 1. The number of methoxy groups -OCH3 is 1. The quantitative estimate of drug-likeness (QED) is 0.587. The standard InChI is InChI=1S/C12H22N4O5S/c1-4-15(6-7-21-5-2)12(17)16-10-13-11(14-16)22(18,19)9-8-20-3/h10H,4-9H2,1-3H3. The Kier molecular flexibility index (Phi) is 7.42. The summed E-state index contributed by atoms with van der Waals surface area (Å²) in [5.41, 5.74) is 0. The number of ether oxygens (including phenoxy) is 2. The van der Waals surface area contributed by atoms with Crippen LogP contribution in [0.3, 0.4) is 0 Å². The van der Waals surface area contributed by atoms with E-state index < -0.39 is 15.9 Å². The molecule has 0 spiro atoms. The lowest BCUT2D eigenvalue weighted by molar-refractivity contribution is 0.120. The van der Waals surface area contributed by atoms with E-state index in [0.29, 0.717) is 26.3 Å². The van der Waals surface area contributed by atoms with E-state index in [-0.39, 0.29) is 17.5 Å². The monoisotopic (exact) mass is 334 g/mol. The molecule has 0 unspecified atom stereocenters. The van der Waals surface area contributed by atoms with Gasteiger partial charge in [0.15, 0.2) is 0 Å². The summed E-state index contributed by atoms with van der Waals surface area (Å²) >= 11 is 0. The first-order valence-corrected chi connectivity index (χ1v) is 8.61. The lowest BCUT2D eigenvalue weighted by Crippen LogP contribution is -2.37. The van der Waals surface area contributed by atoms with Gasteiger partial charge in [-0.1, -0.05) is 0 Å². The topological polar surface area (TPSA) is 104 Å². The number of rotatable bonds is 9. The van der Waals surface area contributed by atoms with E-state index in [1.165, 1.54) is 12.0 Å². The number of aromatic nitrogens is 3. The largest absolute Gasteiger partial charge is 0.384 e. The molecule has 10 heteroatoms. The summed E-state index contributed by atoms with van der Waals surface area (Å²) in [6.07, 6.45) is 1.10. The molecule has 0 N–H and O–H groups in total. The van der Waals surface area contributed by atoms with Crippen molar-refractivity contribution in [1.82, 2.24) is 19.7 Å². The van der Waals surface area contributed by atoms with Gasteiger partial charge < -0.3 is 14.4 Å². The molecule has 0 aliphatic carbocycles. The second-order valence-corrected chi connectivity index (χ2v) is 6.35. The number of amides is 1. The molecule has 0 radical (unpaired) electrons. The van der Waals surface area contributed by atoms with Gasteiger partial charge in [0.1, 0.15) is 6.33 Å². The molecule has 22 heavy (non-hydrogen) atoms. The Morgan fingerprint density at radius 1 is 1.36 bits per heavy atom. The van der Waals surface area contributed by atoms with Crippen LogP contribution in [0.25, 0.3) is 0 Å². The second kappa shape index (κ2) is 8.81.